The average molecular weight is 184 g/mol. The first-order valence-corrected chi connectivity index (χ1v) is 4.57. The van der Waals surface area contributed by atoms with E-state index in [1.807, 2.05) is 13.8 Å². The first kappa shape index (κ1) is 10.0. The molecule has 2 amide bonds. The van der Waals surface area contributed by atoms with Crippen LogP contribution in [0, 0.1) is 0 Å². The summed E-state index contributed by atoms with van der Waals surface area (Å²) >= 11 is 0. The highest BCUT2D eigenvalue weighted by Gasteiger charge is 2.36. The Kier molecular flexibility index (Phi) is 2.59. The van der Waals surface area contributed by atoms with Crippen molar-refractivity contribution in [3.8, 4) is 0 Å². The number of carbonyl (C=O) groups is 2. The summed E-state index contributed by atoms with van der Waals surface area (Å²) < 4.78 is 0. The molecule has 1 aliphatic heterocycles. The van der Waals surface area contributed by atoms with Crippen LogP contribution in [0.1, 0.15) is 27.7 Å². The Balaban J connectivity index is 2.88. The Bertz CT molecular complexity index is 238. The zero-order chi connectivity index (χ0) is 10.2. The van der Waals surface area contributed by atoms with E-state index in [9.17, 15) is 9.59 Å². The summed E-state index contributed by atoms with van der Waals surface area (Å²) in [6.07, 6.45) is 0. The number of carbonyl (C=O) groups excluding carboxylic acids is 2. The molecule has 0 aliphatic carbocycles. The number of piperazine rings is 1. The van der Waals surface area contributed by atoms with Crippen LogP contribution < -0.4 is 5.32 Å². The predicted molar refractivity (Wildman–Crippen MR) is 49.0 cm³/mol. The highest BCUT2D eigenvalue weighted by molar-refractivity contribution is 5.96. The van der Waals surface area contributed by atoms with Gasteiger partial charge in [0.05, 0.1) is 0 Å². The molecule has 1 N–H and O–H groups in total. The SMILES string of the molecule is CC(C)N1C(=O)[C@@H](C)NC(=O)[C@@H]1C. The van der Waals surface area contributed by atoms with E-state index in [-0.39, 0.29) is 29.9 Å². The van der Waals surface area contributed by atoms with Gasteiger partial charge in [0.15, 0.2) is 0 Å². The molecule has 1 rings (SSSR count). The maximum atomic E-state index is 11.6. The van der Waals surface area contributed by atoms with E-state index < -0.39 is 0 Å². The molecule has 0 aromatic carbocycles. The minimum atomic E-state index is -0.383. The van der Waals surface area contributed by atoms with E-state index in [1.165, 1.54) is 0 Å². The van der Waals surface area contributed by atoms with E-state index in [0.717, 1.165) is 0 Å². The number of nitrogens with one attached hydrogen (secondary N) is 1. The summed E-state index contributed by atoms with van der Waals surface area (Å²) in [5.41, 5.74) is 0. The van der Waals surface area contributed by atoms with Crippen LogP contribution in [0.2, 0.25) is 0 Å². The molecule has 1 aliphatic rings. The zero-order valence-electron chi connectivity index (χ0n) is 8.50. The predicted octanol–water partition coefficient (Wildman–Crippen LogP) is 0.130. The fourth-order valence-corrected chi connectivity index (χ4v) is 1.64. The second-order valence-electron chi connectivity index (χ2n) is 3.75. The van der Waals surface area contributed by atoms with Gasteiger partial charge in [-0.3, -0.25) is 9.59 Å². The van der Waals surface area contributed by atoms with Crippen LogP contribution in [0.25, 0.3) is 0 Å². The van der Waals surface area contributed by atoms with E-state index in [1.54, 1.807) is 18.7 Å². The van der Waals surface area contributed by atoms with Crippen molar-refractivity contribution < 1.29 is 9.59 Å². The minimum absolute atomic E-state index is 0.00194. The van der Waals surface area contributed by atoms with Crippen molar-refractivity contribution in [3.63, 3.8) is 0 Å². The van der Waals surface area contributed by atoms with Gasteiger partial charge in [-0.15, -0.1) is 0 Å². The third kappa shape index (κ3) is 1.66. The lowest BCUT2D eigenvalue weighted by atomic mass is 10.1. The van der Waals surface area contributed by atoms with Crippen LogP contribution in [0.5, 0.6) is 0 Å². The molecule has 0 aromatic heterocycles. The third-order valence-corrected chi connectivity index (χ3v) is 2.34. The Hall–Kier alpha value is -1.06. The molecule has 2 atom stereocenters. The Labute approximate surface area is 78.3 Å². The van der Waals surface area contributed by atoms with Crippen molar-refractivity contribution in [2.24, 2.45) is 0 Å². The maximum absolute atomic E-state index is 11.6. The highest BCUT2D eigenvalue weighted by atomic mass is 16.2. The molecule has 4 heteroatoms. The van der Waals surface area contributed by atoms with Gasteiger partial charge >= 0.3 is 0 Å². The number of hydrogen-bond acceptors (Lipinski definition) is 2. The van der Waals surface area contributed by atoms with Gasteiger partial charge < -0.3 is 10.2 Å². The number of hydrogen-bond donors (Lipinski definition) is 1. The van der Waals surface area contributed by atoms with Gasteiger partial charge in [-0.1, -0.05) is 0 Å². The molecule has 13 heavy (non-hydrogen) atoms. The Morgan fingerprint density at radius 2 is 1.85 bits per heavy atom. The summed E-state index contributed by atoms with van der Waals surface area (Å²) in [7, 11) is 0. The van der Waals surface area contributed by atoms with Crippen LogP contribution in [0.4, 0.5) is 0 Å². The van der Waals surface area contributed by atoms with Crippen molar-refractivity contribution in [2.75, 3.05) is 0 Å². The Morgan fingerprint density at radius 3 is 2.31 bits per heavy atom. The van der Waals surface area contributed by atoms with Crippen molar-refractivity contribution in [1.29, 1.82) is 0 Å². The van der Waals surface area contributed by atoms with Crippen molar-refractivity contribution in [1.82, 2.24) is 10.2 Å². The fourth-order valence-electron chi connectivity index (χ4n) is 1.64. The van der Waals surface area contributed by atoms with E-state index in [4.69, 9.17) is 0 Å². The molecule has 0 spiro atoms. The largest absolute Gasteiger partial charge is 0.343 e. The maximum Gasteiger partial charge on any atom is 0.245 e. The smallest absolute Gasteiger partial charge is 0.245 e. The average Bonchev–Trinajstić information content (AvgIpc) is 2.01. The lowest BCUT2D eigenvalue weighted by Gasteiger charge is -2.38. The first-order valence-electron chi connectivity index (χ1n) is 4.57. The molecule has 0 unspecified atom stereocenters. The summed E-state index contributed by atoms with van der Waals surface area (Å²) in [5, 5.41) is 2.63. The molecule has 1 saturated heterocycles. The van der Waals surface area contributed by atoms with Gasteiger partial charge in [0.2, 0.25) is 11.8 Å². The molecule has 0 saturated carbocycles. The number of amides is 2. The lowest BCUT2D eigenvalue weighted by molar-refractivity contribution is -0.150. The van der Waals surface area contributed by atoms with Crippen molar-refractivity contribution in [2.45, 2.75) is 45.8 Å². The van der Waals surface area contributed by atoms with Crippen molar-refractivity contribution >= 4 is 11.8 Å². The van der Waals surface area contributed by atoms with Gasteiger partial charge in [-0.25, -0.2) is 0 Å². The second kappa shape index (κ2) is 3.36. The molecule has 4 nitrogen and oxygen atoms in total. The van der Waals surface area contributed by atoms with E-state index in [2.05, 4.69) is 5.32 Å². The van der Waals surface area contributed by atoms with Crippen LogP contribution in [0.3, 0.4) is 0 Å². The van der Waals surface area contributed by atoms with Gasteiger partial charge in [-0.05, 0) is 27.7 Å². The zero-order valence-corrected chi connectivity index (χ0v) is 8.50. The number of nitrogens with zero attached hydrogens (tertiary/aromatic N) is 1. The minimum Gasteiger partial charge on any atom is -0.343 e. The molecule has 1 fully saturated rings. The summed E-state index contributed by atoms with van der Waals surface area (Å²) in [6.45, 7) is 7.29. The molecular weight excluding hydrogens is 168 g/mol. The lowest BCUT2D eigenvalue weighted by Crippen LogP contribution is -2.63. The molecule has 0 bridgehead atoms. The van der Waals surface area contributed by atoms with Crippen LogP contribution in [0.15, 0.2) is 0 Å². The van der Waals surface area contributed by atoms with Crippen LogP contribution in [-0.4, -0.2) is 34.8 Å². The van der Waals surface area contributed by atoms with Crippen LogP contribution >= 0.6 is 0 Å². The van der Waals surface area contributed by atoms with Gasteiger partial charge in [0, 0.05) is 6.04 Å². The van der Waals surface area contributed by atoms with Gasteiger partial charge in [0.1, 0.15) is 12.1 Å². The molecule has 74 valence electrons. The van der Waals surface area contributed by atoms with Crippen LogP contribution in [-0.2, 0) is 9.59 Å². The molecule has 1 heterocycles. The quantitative estimate of drug-likeness (QED) is 0.629. The number of rotatable bonds is 1. The molecule has 0 radical (unpaired) electrons. The summed E-state index contributed by atoms with van der Waals surface area (Å²) in [6, 6.07) is -0.647. The summed E-state index contributed by atoms with van der Waals surface area (Å²) in [5.74, 6) is -0.0668. The van der Waals surface area contributed by atoms with E-state index in [0.29, 0.717) is 0 Å². The first-order chi connectivity index (χ1) is 5.95. The highest BCUT2D eigenvalue weighted by Crippen LogP contribution is 2.12. The van der Waals surface area contributed by atoms with Crippen molar-refractivity contribution in [3.05, 3.63) is 0 Å². The monoisotopic (exact) mass is 184 g/mol. The standard InChI is InChI=1S/C9H16N2O2/c1-5(2)11-7(4)8(12)10-6(3)9(11)13/h5-7H,1-4H3,(H,10,12)/t6-,7+/m1/s1. The van der Waals surface area contributed by atoms with Gasteiger partial charge in [0.25, 0.3) is 0 Å². The third-order valence-electron chi connectivity index (χ3n) is 2.34. The molecule has 0 aromatic rings. The van der Waals surface area contributed by atoms with Gasteiger partial charge in [-0.2, -0.15) is 0 Å². The topological polar surface area (TPSA) is 49.4 Å². The molecular formula is C9H16N2O2. The fraction of sp³-hybridized carbons (Fsp3) is 0.778. The van der Waals surface area contributed by atoms with E-state index >= 15 is 0 Å². The normalized spacial score (nSPS) is 29.5. The Morgan fingerprint density at radius 1 is 1.31 bits per heavy atom. The second-order valence-corrected chi connectivity index (χ2v) is 3.75. The summed E-state index contributed by atoms with van der Waals surface area (Å²) in [4.78, 5) is 24.6.